The number of halogens is 1. The molecule has 5 nitrogen and oxygen atoms in total. The molecule has 1 aromatic heterocycles. The van der Waals surface area contributed by atoms with Crippen molar-refractivity contribution < 1.29 is 9.53 Å². The molecule has 1 amide bonds. The largest absolute Gasteiger partial charge is 0.490 e. The fourth-order valence-electron chi connectivity index (χ4n) is 2.75. The summed E-state index contributed by atoms with van der Waals surface area (Å²) < 4.78 is 6.70. The first-order valence-electron chi connectivity index (χ1n) is 6.65. The van der Waals surface area contributed by atoms with Gasteiger partial charge in [0.1, 0.15) is 0 Å². The van der Waals surface area contributed by atoms with Gasteiger partial charge in [-0.15, -0.1) is 0 Å². The number of ether oxygens (including phenoxy) is 1. The minimum absolute atomic E-state index is 0.00111. The van der Waals surface area contributed by atoms with Crippen LogP contribution in [0.3, 0.4) is 0 Å². The Balaban J connectivity index is 1.87. The Hall–Kier alpha value is -1.56. The van der Waals surface area contributed by atoms with Gasteiger partial charge in [-0.1, -0.05) is 6.58 Å². The maximum Gasteiger partial charge on any atom is 0.246 e. The van der Waals surface area contributed by atoms with E-state index in [9.17, 15) is 4.79 Å². The lowest BCUT2D eigenvalue weighted by Gasteiger charge is -2.40. The highest BCUT2D eigenvalue weighted by atomic mass is 79.9. The number of anilines is 1. The molecule has 0 N–H and O–H groups in total. The highest BCUT2D eigenvalue weighted by Crippen LogP contribution is 2.34. The van der Waals surface area contributed by atoms with Crippen LogP contribution in [0.2, 0.25) is 0 Å². The zero-order chi connectivity index (χ0) is 14.1. The number of aromatic nitrogens is 1. The van der Waals surface area contributed by atoms with Gasteiger partial charge >= 0.3 is 0 Å². The van der Waals surface area contributed by atoms with Crippen molar-refractivity contribution in [1.29, 1.82) is 0 Å². The summed E-state index contributed by atoms with van der Waals surface area (Å²) in [5, 5.41) is 0. The van der Waals surface area contributed by atoms with Crippen LogP contribution in [0.1, 0.15) is 6.42 Å². The summed E-state index contributed by atoms with van der Waals surface area (Å²) >= 11 is 3.42. The lowest BCUT2D eigenvalue weighted by molar-refractivity contribution is -0.126. The van der Waals surface area contributed by atoms with Gasteiger partial charge in [0, 0.05) is 36.7 Å². The van der Waals surface area contributed by atoms with Crippen LogP contribution in [0.4, 0.5) is 5.82 Å². The number of amides is 1. The molecule has 1 aromatic rings. The van der Waals surface area contributed by atoms with E-state index in [0.717, 1.165) is 29.0 Å². The van der Waals surface area contributed by atoms with Crippen LogP contribution in [0.15, 0.2) is 29.4 Å². The van der Waals surface area contributed by atoms with Gasteiger partial charge in [0.25, 0.3) is 0 Å². The third kappa shape index (κ3) is 2.40. The van der Waals surface area contributed by atoms with Gasteiger partial charge in [0.05, 0.1) is 12.6 Å². The van der Waals surface area contributed by atoms with E-state index in [1.165, 1.54) is 6.08 Å². The zero-order valence-electron chi connectivity index (χ0n) is 11.1. The predicted octanol–water partition coefficient (Wildman–Crippen LogP) is 1.83. The number of pyridine rings is 1. The van der Waals surface area contributed by atoms with Crippen molar-refractivity contribution in [2.45, 2.75) is 12.5 Å². The molecule has 0 radical (unpaired) electrons. The third-order valence-electron chi connectivity index (χ3n) is 3.75. The molecule has 0 unspecified atom stereocenters. The summed E-state index contributed by atoms with van der Waals surface area (Å²) in [6.45, 7) is 6.36. The van der Waals surface area contributed by atoms with Crippen LogP contribution in [0.25, 0.3) is 0 Å². The maximum atomic E-state index is 11.8. The first-order chi connectivity index (χ1) is 9.69. The van der Waals surface area contributed by atoms with Crippen LogP contribution in [0, 0.1) is 0 Å². The number of piperazine rings is 1. The Kier molecular flexibility index (Phi) is 3.65. The van der Waals surface area contributed by atoms with E-state index in [4.69, 9.17) is 4.74 Å². The number of carbonyl (C=O) groups excluding carboxylic acids is 1. The highest BCUT2D eigenvalue weighted by Gasteiger charge is 2.33. The van der Waals surface area contributed by atoms with E-state index in [0.29, 0.717) is 19.7 Å². The molecule has 2 aliphatic rings. The standard InChI is InChI=1S/C14H16BrN3O2/c1-2-13(19)17-4-5-18-11(9-17)3-6-20-12-7-10(15)8-16-14(12)18/h2,7-8,11H,1,3-6,9H2/t11-/m0/s1. The SMILES string of the molecule is C=CC(=O)N1CCN2c3ncc(Br)cc3OCC[C@H]2C1. The molecular formula is C14H16BrN3O2. The van der Waals surface area contributed by atoms with Crippen molar-refractivity contribution >= 4 is 27.7 Å². The molecule has 20 heavy (non-hydrogen) atoms. The lowest BCUT2D eigenvalue weighted by Crippen LogP contribution is -2.54. The normalized spacial score (nSPS) is 21.4. The monoisotopic (exact) mass is 337 g/mol. The number of hydrogen-bond donors (Lipinski definition) is 0. The highest BCUT2D eigenvalue weighted by molar-refractivity contribution is 9.10. The second-order valence-corrected chi connectivity index (χ2v) is 5.86. The minimum Gasteiger partial charge on any atom is -0.490 e. The summed E-state index contributed by atoms with van der Waals surface area (Å²) in [7, 11) is 0. The first-order valence-corrected chi connectivity index (χ1v) is 7.44. The average Bonchev–Trinajstić information content (AvgIpc) is 2.64. The molecule has 0 aromatic carbocycles. The predicted molar refractivity (Wildman–Crippen MR) is 80.0 cm³/mol. The fraction of sp³-hybridized carbons (Fsp3) is 0.429. The average molecular weight is 338 g/mol. The minimum atomic E-state index is -0.00111. The first kappa shape index (κ1) is 13.4. The van der Waals surface area contributed by atoms with E-state index >= 15 is 0 Å². The molecular weight excluding hydrogens is 322 g/mol. The smallest absolute Gasteiger partial charge is 0.246 e. The molecule has 0 bridgehead atoms. The van der Waals surface area contributed by atoms with E-state index < -0.39 is 0 Å². The van der Waals surface area contributed by atoms with Crippen LogP contribution in [-0.4, -0.2) is 48.1 Å². The van der Waals surface area contributed by atoms with Gasteiger partial charge in [-0.25, -0.2) is 4.98 Å². The number of carbonyl (C=O) groups is 1. The molecule has 106 valence electrons. The van der Waals surface area contributed by atoms with Crippen molar-refractivity contribution in [2.75, 3.05) is 31.1 Å². The number of hydrogen-bond acceptors (Lipinski definition) is 4. The Labute approximate surface area is 126 Å². The summed E-state index contributed by atoms with van der Waals surface area (Å²) in [5.74, 6) is 1.69. The molecule has 0 spiro atoms. The number of nitrogens with zero attached hydrogens (tertiary/aromatic N) is 3. The van der Waals surface area contributed by atoms with Crippen LogP contribution < -0.4 is 9.64 Å². The molecule has 6 heteroatoms. The molecule has 1 fully saturated rings. The molecule has 0 saturated carbocycles. The summed E-state index contributed by atoms with van der Waals surface area (Å²) in [5.41, 5.74) is 0. The van der Waals surface area contributed by atoms with Gasteiger partial charge in [0.15, 0.2) is 11.6 Å². The summed E-state index contributed by atoms with van der Waals surface area (Å²) in [6.07, 6.45) is 4.05. The van der Waals surface area contributed by atoms with Crippen LogP contribution in [-0.2, 0) is 4.79 Å². The molecule has 1 atom stereocenters. The Morgan fingerprint density at radius 3 is 3.20 bits per heavy atom. The van der Waals surface area contributed by atoms with Crippen LogP contribution in [0.5, 0.6) is 5.75 Å². The molecule has 3 heterocycles. The Bertz CT molecular complexity index is 549. The van der Waals surface area contributed by atoms with Gasteiger partial charge in [-0.3, -0.25) is 4.79 Å². The Morgan fingerprint density at radius 1 is 1.55 bits per heavy atom. The van der Waals surface area contributed by atoms with E-state index in [2.05, 4.69) is 32.4 Å². The van der Waals surface area contributed by atoms with Gasteiger partial charge < -0.3 is 14.5 Å². The second-order valence-electron chi connectivity index (χ2n) is 4.95. The van der Waals surface area contributed by atoms with Crippen molar-refractivity contribution in [3.63, 3.8) is 0 Å². The lowest BCUT2D eigenvalue weighted by atomic mass is 10.1. The van der Waals surface area contributed by atoms with Gasteiger partial charge in [-0.2, -0.15) is 0 Å². The molecule has 1 saturated heterocycles. The van der Waals surface area contributed by atoms with Crippen LogP contribution >= 0.6 is 15.9 Å². The van der Waals surface area contributed by atoms with E-state index in [1.807, 2.05) is 11.0 Å². The molecule has 0 aliphatic carbocycles. The van der Waals surface area contributed by atoms with Crippen molar-refractivity contribution in [3.05, 3.63) is 29.4 Å². The fourth-order valence-corrected chi connectivity index (χ4v) is 3.06. The molecule has 3 rings (SSSR count). The second kappa shape index (κ2) is 5.44. The maximum absolute atomic E-state index is 11.8. The van der Waals surface area contributed by atoms with Crippen molar-refractivity contribution in [3.8, 4) is 5.75 Å². The summed E-state index contributed by atoms with van der Waals surface area (Å²) in [4.78, 5) is 20.3. The molecule has 2 aliphatic heterocycles. The summed E-state index contributed by atoms with van der Waals surface area (Å²) in [6, 6.07) is 2.20. The van der Waals surface area contributed by atoms with Crippen molar-refractivity contribution in [1.82, 2.24) is 9.88 Å². The Morgan fingerprint density at radius 2 is 2.40 bits per heavy atom. The van der Waals surface area contributed by atoms with Gasteiger partial charge in [-0.05, 0) is 28.1 Å². The zero-order valence-corrected chi connectivity index (χ0v) is 12.7. The van der Waals surface area contributed by atoms with Crippen molar-refractivity contribution in [2.24, 2.45) is 0 Å². The number of fused-ring (bicyclic) bond motifs is 3. The van der Waals surface area contributed by atoms with E-state index in [-0.39, 0.29) is 11.9 Å². The number of rotatable bonds is 1. The quantitative estimate of drug-likeness (QED) is 0.733. The third-order valence-corrected chi connectivity index (χ3v) is 4.18. The van der Waals surface area contributed by atoms with E-state index in [1.54, 1.807) is 6.20 Å². The topological polar surface area (TPSA) is 45.7 Å². The van der Waals surface area contributed by atoms with Gasteiger partial charge in [0.2, 0.25) is 5.91 Å².